The number of thiol groups is 1. The molecular formula is C4H8FNS. The van der Waals surface area contributed by atoms with E-state index in [-0.39, 0.29) is 12.6 Å². The van der Waals surface area contributed by atoms with Crippen LogP contribution in [0.3, 0.4) is 0 Å². The van der Waals surface area contributed by atoms with E-state index in [1.54, 1.807) is 0 Å². The van der Waals surface area contributed by atoms with Gasteiger partial charge in [0.25, 0.3) is 0 Å². The third-order valence-electron chi connectivity index (χ3n) is 1.16. The SMILES string of the molecule is FCC1CN(S)C1. The first kappa shape index (κ1) is 5.38. The van der Waals surface area contributed by atoms with Gasteiger partial charge in [0, 0.05) is 19.0 Å². The van der Waals surface area contributed by atoms with Crippen molar-refractivity contribution in [3.8, 4) is 0 Å². The van der Waals surface area contributed by atoms with Crippen LogP contribution in [0, 0.1) is 5.92 Å². The van der Waals surface area contributed by atoms with Gasteiger partial charge in [0.05, 0.1) is 6.67 Å². The van der Waals surface area contributed by atoms with Crippen molar-refractivity contribution < 1.29 is 4.39 Å². The molecule has 0 amide bonds. The van der Waals surface area contributed by atoms with Crippen LogP contribution in [0.15, 0.2) is 0 Å². The maximum atomic E-state index is 11.6. The smallest absolute Gasteiger partial charge is 0.0947 e. The third-order valence-corrected chi connectivity index (χ3v) is 1.48. The summed E-state index contributed by atoms with van der Waals surface area (Å²) < 4.78 is 13.4. The molecule has 1 heterocycles. The van der Waals surface area contributed by atoms with E-state index < -0.39 is 0 Å². The van der Waals surface area contributed by atoms with Gasteiger partial charge in [0.15, 0.2) is 0 Å². The minimum absolute atomic E-state index is 0.183. The van der Waals surface area contributed by atoms with Gasteiger partial charge in [-0.1, -0.05) is 12.8 Å². The molecular weight excluding hydrogens is 113 g/mol. The molecule has 1 nitrogen and oxygen atoms in total. The monoisotopic (exact) mass is 121 g/mol. The van der Waals surface area contributed by atoms with Crippen molar-refractivity contribution >= 4 is 12.8 Å². The molecule has 1 aliphatic heterocycles. The summed E-state index contributed by atoms with van der Waals surface area (Å²) in [6.45, 7) is 1.45. The topological polar surface area (TPSA) is 3.24 Å². The standard InChI is InChI=1S/C4H8FNS/c5-1-4-2-6(7)3-4/h4,7H,1-3H2. The molecule has 0 spiro atoms. The molecule has 0 atom stereocenters. The minimum atomic E-state index is -0.183. The van der Waals surface area contributed by atoms with Crippen molar-refractivity contribution in [1.29, 1.82) is 0 Å². The Labute approximate surface area is 48.0 Å². The molecule has 0 bridgehead atoms. The van der Waals surface area contributed by atoms with Crippen LogP contribution < -0.4 is 0 Å². The lowest BCUT2D eigenvalue weighted by atomic mass is 10.1. The van der Waals surface area contributed by atoms with Crippen LogP contribution in [-0.2, 0) is 0 Å². The highest BCUT2D eigenvalue weighted by Crippen LogP contribution is 2.16. The van der Waals surface area contributed by atoms with Gasteiger partial charge in [-0.15, -0.1) is 0 Å². The van der Waals surface area contributed by atoms with E-state index in [1.165, 1.54) is 0 Å². The average Bonchev–Trinajstić information content (AvgIpc) is 1.58. The second-order valence-electron chi connectivity index (χ2n) is 1.89. The lowest BCUT2D eigenvalue weighted by Gasteiger charge is -2.32. The quantitative estimate of drug-likeness (QED) is 0.501. The summed E-state index contributed by atoms with van der Waals surface area (Å²) in [6, 6.07) is 0. The van der Waals surface area contributed by atoms with Crippen LogP contribution in [0.25, 0.3) is 0 Å². The third kappa shape index (κ3) is 1.07. The van der Waals surface area contributed by atoms with Gasteiger partial charge in [-0.05, 0) is 0 Å². The van der Waals surface area contributed by atoms with Gasteiger partial charge >= 0.3 is 0 Å². The average molecular weight is 121 g/mol. The lowest BCUT2D eigenvalue weighted by molar-refractivity contribution is 0.181. The number of rotatable bonds is 1. The zero-order valence-electron chi connectivity index (χ0n) is 3.97. The molecule has 0 saturated carbocycles. The van der Waals surface area contributed by atoms with Crippen molar-refractivity contribution in [2.75, 3.05) is 19.8 Å². The van der Waals surface area contributed by atoms with Gasteiger partial charge in [-0.3, -0.25) is 8.70 Å². The molecule has 0 radical (unpaired) electrons. The maximum Gasteiger partial charge on any atom is 0.0947 e. The first-order valence-electron chi connectivity index (χ1n) is 2.32. The molecule has 0 unspecified atom stereocenters. The molecule has 1 saturated heterocycles. The Morgan fingerprint density at radius 1 is 1.71 bits per heavy atom. The summed E-state index contributed by atoms with van der Waals surface area (Å²) in [6.07, 6.45) is 0. The summed E-state index contributed by atoms with van der Waals surface area (Å²) in [4.78, 5) is 0. The summed E-state index contributed by atoms with van der Waals surface area (Å²) in [7, 11) is 0. The number of nitrogens with zero attached hydrogens (tertiary/aromatic N) is 1. The van der Waals surface area contributed by atoms with E-state index in [0.29, 0.717) is 0 Å². The summed E-state index contributed by atoms with van der Waals surface area (Å²) >= 11 is 3.96. The normalized spacial score (nSPS) is 24.9. The van der Waals surface area contributed by atoms with Crippen LogP contribution in [0.2, 0.25) is 0 Å². The van der Waals surface area contributed by atoms with Gasteiger partial charge in [-0.25, -0.2) is 0 Å². The van der Waals surface area contributed by atoms with Crippen molar-refractivity contribution in [2.24, 2.45) is 5.92 Å². The molecule has 1 aliphatic rings. The number of alkyl halides is 1. The molecule has 0 aromatic carbocycles. The highest BCUT2D eigenvalue weighted by Gasteiger charge is 2.23. The number of hydrogen-bond donors (Lipinski definition) is 1. The molecule has 42 valence electrons. The Morgan fingerprint density at radius 3 is 2.43 bits per heavy atom. The van der Waals surface area contributed by atoms with Crippen molar-refractivity contribution in [3.05, 3.63) is 0 Å². The zero-order valence-corrected chi connectivity index (χ0v) is 4.87. The van der Waals surface area contributed by atoms with E-state index in [1.807, 2.05) is 4.31 Å². The Balaban J connectivity index is 2.06. The second-order valence-corrected chi connectivity index (χ2v) is 2.46. The number of hydrogen-bond acceptors (Lipinski definition) is 2. The maximum absolute atomic E-state index is 11.6. The molecule has 0 aliphatic carbocycles. The molecule has 0 aromatic heterocycles. The van der Waals surface area contributed by atoms with E-state index >= 15 is 0 Å². The summed E-state index contributed by atoms with van der Waals surface area (Å²) in [5, 5.41) is 0. The Kier molecular flexibility index (Phi) is 1.54. The highest BCUT2D eigenvalue weighted by molar-refractivity contribution is 7.77. The molecule has 1 rings (SSSR count). The van der Waals surface area contributed by atoms with Gasteiger partial charge in [-0.2, -0.15) is 0 Å². The fraction of sp³-hybridized carbons (Fsp3) is 1.00. The fourth-order valence-electron chi connectivity index (χ4n) is 0.640. The zero-order chi connectivity index (χ0) is 5.28. The molecule has 7 heavy (non-hydrogen) atoms. The van der Waals surface area contributed by atoms with E-state index in [4.69, 9.17) is 0 Å². The first-order chi connectivity index (χ1) is 3.33. The summed E-state index contributed by atoms with van der Waals surface area (Å²) in [5.41, 5.74) is 0. The number of halogens is 1. The second kappa shape index (κ2) is 2.01. The Bertz CT molecular complexity index is 62.7. The fourth-order valence-corrected chi connectivity index (χ4v) is 1.10. The van der Waals surface area contributed by atoms with Crippen LogP contribution in [0.5, 0.6) is 0 Å². The van der Waals surface area contributed by atoms with Crippen molar-refractivity contribution in [3.63, 3.8) is 0 Å². The predicted molar refractivity (Wildman–Crippen MR) is 30.0 cm³/mol. The molecule has 0 N–H and O–H groups in total. The summed E-state index contributed by atoms with van der Waals surface area (Å²) in [5.74, 6) is 0.275. The largest absolute Gasteiger partial charge is 0.252 e. The molecule has 3 heteroatoms. The van der Waals surface area contributed by atoms with Crippen molar-refractivity contribution in [1.82, 2.24) is 4.31 Å². The Hall–Kier alpha value is 0.240. The predicted octanol–water partition coefficient (Wildman–Crippen LogP) is 0.733. The van der Waals surface area contributed by atoms with Crippen LogP contribution in [0.1, 0.15) is 0 Å². The van der Waals surface area contributed by atoms with E-state index in [9.17, 15) is 4.39 Å². The van der Waals surface area contributed by atoms with Gasteiger partial charge in [0.1, 0.15) is 0 Å². The van der Waals surface area contributed by atoms with Crippen LogP contribution in [0.4, 0.5) is 4.39 Å². The lowest BCUT2D eigenvalue weighted by Crippen LogP contribution is -2.41. The van der Waals surface area contributed by atoms with Crippen LogP contribution >= 0.6 is 12.8 Å². The first-order valence-corrected chi connectivity index (χ1v) is 2.72. The molecule has 0 aromatic rings. The minimum Gasteiger partial charge on any atom is -0.252 e. The molecule has 1 fully saturated rings. The van der Waals surface area contributed by atoms with E-state index in [0.717, 1.165) is 13.1 Å². The Morgan fingerprint density at radius 2 is 2.29 bits per heavy atom. The van der Waals surface area contributed by atoms with Crippen molar-refractivity contribution in [2.45, 2.75) is 0 Å². The highest BCUT2D eigenvalue weighted by atomic mass is 32.1. The van der Waals surface area contributed by atoms with E-state index in [2.05, 4.69) is 12.8 Å². The van der Waals surface area contributed by atoms with Crippen LogP contribution in [-0.4, -0.2) is 24.1 Å². The van der Waals surface area contributed by atoms with Gasteiger partial charge < -0.3 is 0 Å². The van der Waals surface area contributed by atoms with Gasteiger partial charge in [0.2, 0.25) is 0 Å².